The van der Waals surface area contributed by atoms with Crippen molar-refractivity contribution in [1.29, 1.82) is 0 Å². The number of nitrogens with zero attached hydrogens (tertiary/aromatic N) is 5. The SMILES string of the molecule is Cc1cc(N2CCCC2)nc(CNS(=O)(=O)c2ccc(-n3cccn3)cc2)n1. The third-order valence-corrected chi connectivity index (χ3v) is 6.07. The molecule has 9 heteroatoms. The number of aromatic nitrogens is 4. The second kappa shape index (κ2) is 7.69. The van der Waals surface area contributed by atoms with Crippen molar-refractivity contribution in [2.45, 2.75) is 31.2 Å². The Kier molecular flexibility index (Phi) is 5.10. The van der Waals surface area contributed by atoms with Gasteiger partial charge in [-0.15, -0.1) is 0 Å². The van der Waals surface area contributed by atoms with Crippen molar-refractivity contribution >= 4 is 15.8 Å². The lowest BCUT2D eigenvalue weighted by Crippen LogP contribution is -2.26. The first-order valence-corrected chi connectivity index (χ1v) is 10.7. The average molecular weight is 398 g/mol. The largest absolute Gasteiger partial charge is 0.357 e. The molecule has 0 unspecified atom stereocenters. The van der Waals surface area contributed by atoms with Crippen molar-refractivity contribution in [2.24, 2.45) is 0 Å². The molecule has 1 fully saturated rings. The van der Waals surface area contributed by atoms with E-state index in [0.717, 1.165) is 43.1 Å². The number of hydrogen-bond donors (Lipinski definition) is 1. The van der Waals surface area contributed by atoms with Gasteiger partial charge in [-0.1, -0.05) is 0 Å². The second-order valence-electron chi connectivity index (χ2n) is 6.75. The first-order chi connectivity index (χ1) is 13.5. The van der Waals surface area contributed by atoms with Gasteiger partial charge in [0.05, 0.1) is 17.1 Å². The zero-order valence-electron chi connectivity index (χ0n) is 15.6. The van der Waals surface area contributed by atoms with E-state index >= 15 is 0 Å². The molecule has 0 aliphatic carbocycles. The van der Waals surface area contributed by atoms with E-state index in [0.29, 0.717) is 5.82 Å². The maximum Gasteiger partial charge on any atom is 0.240 e. The van der Waals surface area contributed by atoms with Crippen LogP contribution in [0.5, 0.6) is 0 Å². The van der Waals surface area contributed by atoms with E-state index in [1.807, 2.05) is 19.1 Å². The number of anilines is 1. The molecule has 3 aromatic rings. The third-order valence-electron chi connectivity index (χ3n) is 4.65. The van der Waals surface area contributed by atoms with Crippen LogP contribution in [0.4, 0.5) is 5.82 Å². The van der Waals surface area contributed by atoms with Gasteiger partial charge in [0.2, 0.25) is 10.0 Å². The Morgan fingerprint density at radius 2 is 1.86 bits per heavy atom. The van der Waals surface area contributed by atoms with Gasteiger partial charge in [0, 0.05) is 37.2 Å². The molecule has 1 aliphatic rings. The molecular formula is C19H22N6O2S. The first kappa shape index (κ1) is 18.6. The fourth-order valence-corrected chi connectivity index (χ4v) is 4.22. The van der Waals surface area contributed by atoms with Crippen molar-refractivity contribution in [1.82, 2.24) is 24.5 Å². The lowest BCUT2D eigenvalue weighted by molar-refractivity contribution is 0.579. The summed E-state index contributed by atoms with van der Waals surface area (Å²) in [6.07, 6.45) is 5.78. The van der Waals surface area contributed by atoms with Crippen molar-refractivity contribution in [2.75, 3.05) is 18.0 Å². The Hall–Kier alpha value is -2.78. The molecule has 0 bridgehead atoms. The van der Waals surface area contributed by atoms with Crippen molar-refractivity contribution in [3.8, 4) is 5.69 Å². The maximum absolute atomic E-state index is 12.6. The van der Waals surface area contributed by atoms with Crippen LogP contribution >= 0.6 is 0 Å². The van der Waals surface area contributed by atoms with Crippen LogP contribution < -0.4 is 9.62 Å². The van der Waals surface area contributed by atoms with Gasteiger partial charge in [-0.25, -0.2) is 27.8 Å². The summed E-state index contributed by atoms with van der Waals surface area (Å²) in [5, 5.41) is 4.13. The second-order valence-corrected chi connectivity index (χ2v) is 8.51. The van der Waals surface area contributed by atoms with Crippen LogP contribution in [0.3, 0.4) is 0 Å². The number of nitrogens with one attached hydrogen (secondary N) is 1. The highest BCUT2D eigenvalue weighted by atomic mass is 32.2. The molecule has 0 spiro atoms. The fourth-order valence-electron chi connectivity index (χ4n) is 3.24. The van der Waals surface area contributed by atoms with E-state index in [9.17, 15) is 8.42 Å². The van der Waals surface area contributed by atoms with Crippen LogP contribution in [-0.4, -0.2) is 41.3 Å². The normalized spacial score (nSPS) is 14.5. The van der Waals surface area contributed by atoms with E-state index < -0.39 is 10.0 Å². The van der Waals surface area contributed by atoms with E-state index in [4.69, 9.17) is 0 Å². The van der Waals surface area contributed by atoms with Crippen molar-refractivity contribution in [3.63, 3.8) is 0 Å². The molecule has 4 rings (SSSR count). The van der Waals surface area contributed by atoms with Crippen LogP contribution in [0, 0.1) is 6.92 Å². The van der Waals surface area contributed by atoms with Crippen LogP contribution in [-0.2, 0) is 16.6 Å². The van der Waals surface area contributed by atoms with Gasteiger partial charge < -0.3 is 4.90 Å². The third kappa shape index (κ3) is 4.05. The minimum Gasteiger partial charge on any atom is -0.357 e. The van der Waals surface area contributed by atoms with Crippen LogP contribution in [0.15, 0.2) is 53.7 Å². The first-order valence-electron chi connectivity index (χ1n) is 9.20. The summed E-state index contributed by atoms with van der Waals surface area (Å²) in [5.41, 5.74) is 1.62. The Morgan fingerprint density at radius 1 is 1.11 bits per heavy atom. The van der Waals surface area contributed by atoms with Gasteiger partial charge in [0.15, 0.2) is 0 Å². The van der Waals surface area contributed by atoms with Crippen LogP contribution in [0.1, 0.15) is 24.4 Å². The number of sulfonamides is 1. The maximum atomic E-state index is 12.6. The summed E-state index contributed by atoms with van der Waals surface area (Å²) in [6.45, 7) is 3.90. The Labute approximate surface area is 164 Å². The predicted octanol–water partition coefficient (Wildman–Crippen LogP) is 2.05. The highest BCUT2D eigenvalue weighted by Crippen LogP contribution is 2.19. The van der Waals surface area contributed by atoms with Gasteiger partial charge in [-0.2, -0.15) is 5.10 Å². The number of hydrogen-bond acceptors (Lipinski definition) is 6. The van der Waals surface area contributed by atoms with E-state index in [-0.39, 0.29) is 11.4 Å². The molecule has 3 heterocycles. The molecule has 0 saturated carbocycles. The number of aryl methyl sites for hydroxylation is 1. The molecule has 2 aromatic heterocycles. The van der Waals surface area contributed by atoms with Gasteiger partial charge in [0.25, 0.3) is 0 Å². The lowest BCUT2D eigenvalue weighted by Gasteiger charge is -2.17. The van der Waals surface area contributed by atoms with Gasteiger partial charge in [-0.3, -0.25) is 0 Å². The standard InChI is InChI=1S/C19H22N6O2S/c1-15-13-19(24-10-2-3-11-24)23-18(22-15)14-21-28(26,27)17-7-5-16(6-8-17)25-12-4-9-20-25/h4-9,12-13,21H,2-3,10-11,14H2,1H3. The van der Waals surface area contributed by atoms with Gasteiger partial charge in [-0.05, 0) is 50.1 Å². The monoisotopic (exact) mass is 398 g/mol. The summed E-state index contributed by atoms with van der Waals surface area (Å²) in [4.78, 5) is 11.3. The van der Waals surface area contributed by atoms with Gasteiger partial charge >= 0.3 is 0 Å². The summed E-state index contributed by atoms with van der Waals surface area (Å²) in [7, 11) is -3.66. The lowest BCUT2D eigenvalue weighted by atomic mass is 10.3. The smallest absolute Gasteiger partial charge is 0.240 e. The molecule has 1 saturated heterocycles. The fraction of sp³-hybridized carbons (Fsp3) is 0.316. The Balaban J connectivity index is 1.48. The quantitative estimate of drug-likeness (QED) is 0.683. The van der Waals surface area contributed by atoms with E-state index in [2.05, 4.69) is 24.7 Å². The molecule has 8 nitrogen and oxygen atoms in total. The molecule has 0 atom stereocenters. The van der Waals surface area contributed by atoms with Crippen molar-refractivity contribution < 1.29 is 8.42 Å². The predicted molar refractivity (Wildman–Crippen MR) is 106 cm³/mol. The van der Waals surface area contributed by atoms with Gasteiger partial charge in [0.1, 0.15) is 11.6 Å². The van der Waals surface area contributed by atoms with Crippen molar-refractivity contribution in [3.05, 3.63) is 60.3 Å². The summed E-state index contributed by atoms with van der Waals surface area (Å²) in [6, 6.07) is 10.3. The molecule has 1 aliphatic heterocycles. The van der Waals surface area contributed by atoms with E-state index in [1.54, 1.807) is 41.3 Å². The minimum atomic E-state index is -3.66. The molecule has 0 radical (unpaired) electrons. The molecule has 28 heavy (non-hydrogen) atoms. The zero-order valence-corrected chi connectivity index (χ0v) is 16.4. The molecule has 0 amide bonds. The molecule has 1 aromatic carbocycles. The number of benzene rings is 1. The Bertz CT molecular complexity index is 1040. The summed E-state index contributed by atoms with van der Waals surface area (Å²) < 4.78 is 29.5. The van der Waals surface area contributed by atoms with E-state index in [1.165, 1.54) is 0 Å². The number of rotatable bonds is 6. The van der Waals surface area contributed by atoms with Crippen LogP contribution in [0.2, 0.25) is 0 Å². The zero-order chi connectivity index (χ0) is 19.6. The highest BCUT2D eigenvalue weighted by molar-refractivity contribution is 7.89. The topological polar surface area (TPSA) is 93.0 Å². The highest BCUT2D eigenvalue weighted by Gasteiger charge is 2.17. The average Bonchev–Trinajstić information content (AvgIpc) is 3.40. The summed E-state index contributed by atoms with van der Waals surface area (Å²) in [5.74, 6) is 1.33. The molecule has 1 N–H and O–H groups in total. The minimum absolute atomic E-state index is 0.0474. The Morgan fingerprint density at radius 3 is 2.54 bits per heavy atom. The molecule has 146 valence electrons. The molecular weight excluding hydrogens is 376 g/mol. The summed E-state index contributed by atoms with van der Waals surface area (Å²) >= 11 is 0. The van der Waals surface area contributed by atoms with Crippen LogP contribution in [0.25, 0.3) is 5.69 Å².